The Balaban J connectivity index is 2.53. The summed E-state index contributed by atoms with van der Waals surface area (Å²) in [6.07, 6.45) is 0. The molecule has 0 atom stereocenters. The Labute approximate surface area is 116 Å². The summed E-state index contributed by atoms with van der Waals surface area (Å²) in [5.41, 5.74) is 9.22. The maximum atomic E-state index is 2.30. The molecule has 0 spiro atoms. The van der Waals surface area contributed by atoms with Gasteiger partial charge >= 0.3 is 0 Å². The molecule has 0 N–H and O–H groups in total. The van der Waals surface area contributed by atoms with Gasteiger partial charge in [-0.1, -0.05) is 35.4 Å². The van der Waals surface area contributed by atoms with E-state index in [4.69, 9.17) is 0 Å². The highest BCUT2D eigenvalue weighted by molar-refractivity contribution is 5.71. The third-order valence-corrected chi connectivity index (χ3v) is 3.68. The minimum Gasteiger partial charge on any atom is -0.344 e. The van der Waals surface area contributed by atoms with E-state index in [1.54, 1.807) is 0 Å². The fraction of sp³-hybridized carbons (Fsp3) is 0.333. The lowest BCUT2D eigenvalue weighted by Crippen LogP contribution is -2.14. The van der Waals surface area contributed by atoms with Crippen molar-refractivity contribution in [2.45, 2.75) is 34.6 Å². The summed E-state index contributed by atoms with van der Waals surface area (Å²) in [6, 6.07) is 11.1. The van der Waals surface area contributed by atoms with Crippen molar-refractivity contribution in [2.75, 3.05) is 11.9 Å². The summed E-state index contributed by atoms with van der Waals surface area (Å²) in [7, 11) is 2.16. The van der Waals surface area contributed by atoms with Gasteiger partial charge < -0.3 is 4.90 Å². The maximum absolute atomic E-state index is 2.30. The molecule has 2 aromatic carbocycles. The molecule has 0 heterocycles. The van der Waals surface area contributed by atoms with Crippen LogP contribution < -0.4 is 4.90 Å². The number of anilines is 2. The summed E-state index contributed by atoms with van der Waals surface area (Å²) in [5, 5.41) is 0. The molecule has 0 fully saturated rings. The van der Waals surface area contributed by atoms with Gasteiger partial charge in [-0.2, -0.15) is 0 Å². The number of nitrogens with zero attached hydrogens (tertiary/aromatic N) is 1. The van der Waals surface area contributed by atoms with Gasteiger partial charge in [-0.15, -0.1) is 0 Å². The van der Waals surface area contributed by atoms with E-state index in [9.17, 15) is 0 Å². The highest BCUT2D eigenvalue weighted by Gasteiger charge is 2.12. The van der Waals surface area contributed by atoms with Gasteiger partial charge in [0.15, 0.2) is 0 Å². The van der Waals surface area contributed by atoms with E-state index in [0.29, 0.717) is 0 Å². The molecule has 2 aromatic rings. The predicted molar refractivity (Wildman–Crippen MR) is 84.6 cm³/mol. The molecule has 19 heavy (non-hydrogen) atoms. The summed E-state index contributed by atoms with van der Waals surface area (Å²) < 4.78 is 0. The Hall–Kier alpha value is -1.76. The summed E-state index contributed by atoms with van der Waals surface area (Å²) in [4.78, 5) is 2.30. The van der Waals surface area contributed by atoms with Crippen LogP contribution in [0.4, 0.5) is 11.4 Å². The molecule has 0 unspecified atom stereocenters. The second-order valence-electron chi connectivity index (χ2n) is 5.60. The van der Waals surface area contributed by atoms with Gasteiger partial charge in [0, 0.05) is 18.4 Å². The van der Waals surface area contributed by atoms with Crippen molar-refractivity contribution in [1.29, 1.82) is 0 Å². The number of hydrogen-bond donors (Lipinski definition) is 0. The van der Waals surface area contributed by atoms with Gasteiger partial charge in [-0.3, -0.25) is 0 Å². The zero-order chi connectivity index (χ0) is 14.2. The normalized spacial score (nSPS) is 10.6. The third-order valence-electron chi connectivity index (χ3n) is 3.68. The van der Waals surface area contributed by atoms with Crippen LogP contribution >= 0.6 is 0 Å². The fourth-order valence-corrected chi connectivity index (χ4v) is 3.00. The zero-order valence-electron chi connectivity index (χ0n) is 12.8. The highest BCUT2D eigenvalue weighted by Crippen LogP contribution is 2.33. The first-order chi connectivity index (χ1) is 8.90. The molecule has 0 aliphatic carbocycles. The quantitative estimate of drug-likeness (QED) is 0.728. The van der Waals surface area contributed by atoms with Crippen molar-refractivity contribution in [2.24, 2.45) is 0 Å². The Morgan fingerprint density at radius 1 is 0.684 bits per heavy atom. The van der Waals surface area contributed by atoms with Crippen LogP contribution in [0, 0.1) is 34.6 Å². The maximum Gasteiger partial charge on any atom is 0.0467 e. The SMILES string of the molecule is Cc1ccc(N(C)c2c(C)cc(C)cc2C)c(C)c1. The fourth-order valence-electron chi connectivity index (χ4n) is 3.00. The molecule has 1 heteroatoms. The molecule has 0 aliphatic rings. The van der Waals surface area contributed by atoms with Crippen LogP contribution in [0.2, 0.25) is 0 Å². The second kappa shape index (κ2) is 5.08. The minimum atomic E-state index is 1.28. The standard InChI is InChI=1S/C18H23N/c1-12-7-8-17(14(3)9-12)19(6)18-15(4)10-13(2)11-16(18)5/h7-11H,1-6H3. The van der Waals surface area contributed by atoms with Crippen LogP contribution in [-0.4, -0.2) is 7.05 Å². The van der Waals surface area contributed by atoms with Crippen LogP contribution in [-0.2, 0) is 0 Å². The smallest absolute Gasteiger partial charge is 0.0467 e. The van der Waals surface area contributed by atoms with Crippen LogP contribution in [0.3, 0.4) is 0 Å². The molecule has 0 saturated carbocycles. The molecule has 2 rings (SSSR count). The third kappa shape index (κ3) is 2.65. The Kier molecular flexibility index (Phi) is 3.66. The molecule has 100 valence electrons. The first-order valence-electron chi connectivity index (χ1n) is 6.79. The van der Waals surface area contributed by atoms with Crippen LogP contribution in [0.15, 0.2) is 30.3 Å². The number of rotatable bonds is 2. The minimum absolute atomic E-state index is 1.28. The molecule has 0 saturated heterocycles. The molecule has 0 aromatic heterocycles. The first kappa shape index (κ1) is 13.7. The Morgan fingerprint density at radius 2 is 1.21 bits per heavy atom. The van der Waals surface area contributed by atoms with Crippen molar-refractivity contribution in [3.8, 4) is 0 Å². The molecule has 1 nitrogen and oxygen atoms in total. The Bertz CT molecular complexity index is 588. The van der Waals surface area contributed by atoms with Gasteiger partial charge in [0.05, 0.1) is 0 Å². The van der Waals surface area contributed by atoms with Gasteiger partial charge in [-0.25, -0.2) is 0 Å². The molecule has 0 radical (unpaired) electrons. The lowest BCUT2D eigenvalue weighted by Gasteiger charge is -2.26. The topological polar surface area (TPSA) is 3.24 Å². The molecule has 0 bridgehead atoms. The van der Waals surface area contributed by atoms with Gasteiger partial charge in [-0.05, 0) is 57.4 Å². The van der Waals surface area contributed by atoms with Gasteiger partial charge in [0.1, 0.15) is 0 Å². The molecular weight excluding hydrogens is 230 g/mol. The highest BCUT2D eigenvalue weighted by atomic mass is 15.1. The summed E-state index contributed by atoms with van der Waals surface area (Å²) in [5.74, 6) is 0. The van der Waals surface area contributed by atoms with E-state index < -0.39 is 0 Å². The van der Waals surface area contributed by atoms with E-state index in [-0.39, 0.29) is 0 Å². The molecular formula is C18H23N. The average Bonchev–Trinajstić information content (AvgIpc) is 2.26. The second-order valence-corrected chi connectivity index (χ2v) is 5.60. The monoisotopic (exact) mass is 253 g/mol. The van der Waals surface area contributed by atoms with Crippen LogP contribution in [0.1, 0.15) is 27.8 Å². The van der Waals surface area contributed by atoms with Crippen molar-refractivity contribution in [1.82, 2.24) is 0 Å². The van der Waals surface area contributed by atoms with E-state index in [0.717, 1.165) is 0 Å². The lowest BCUT2D eigenvalue weighted by atomic mass is 10.0. The van der Waals surface area contributed by atoms with E-state index in [1.807, 2.05) is 0 Å². The average molecular weight is 253 g/mol. The largest absolute Gasteiger partial charge is 0.344 e. The molecule has 0 aliphatic heterocycles. The summed E-state index contributed by atoms with van der Waals surface area (Å²) in [6.45, 7) is 10.8. The van der Waals surface area contributed by atoms with E-state index in [2.05, 4.69) is 76.9 Å². The number of aryl methyl sites for hydroxylation is 5. The Morgan fingerprint density at radius 3 is 1.74 bits per heavy atom. The van der Waals surface area contributed by atoms with Gasteiger partial charge in [0.25, 0.3) is 0 Å². The lowest BCUT2D eigenvalue weighted by molar-refractivity contribution is 1.13. The van der Waals surface area contributed by atoms with Crippen molar-refractivity contribution >= 4 is 11.4 Å². The van der Waals surface area contributed by atoms with E-state index >= 15 is 0 Å². The van der Waals surface area contributed by atoms with Crippen LogP contribution in [0.5, 0.6) is 0 Å². The predicted octanol–water partition coefficient (Wildman–Crippen LogP) is 5.00. The van der Waals surface area contributed by atoms with Gasteiger partial charge in [0.2, 0.25) is 0 Å². The van der Waals surface area contributed by atoms with Crippen molar-refractivity contribution in [3.05, 3.63) is 58.1 Å². The zero-order valence-corrected chi connectivity index (χ0v) is 12.8. The van der Waals surface area contributed by atoms with E-state index in [1.165, 1.54) is 39.2 Å². The number of benzene rings is 2. The number of hydrogen-bond acceptors (Lipinski definition) is 1. The van der Waals surface area contributed by atoms with Crippen LogP contribution in [0.25, 0.3) is 0 Å². The van der Waals surface area contributed by atoms with Crippen molar-refractivity contribution < 1.29 is 0 Å². The summed E-state index contributed by atoms with van der Waals surface area (Å²) >= 11 is 0. The molecule has 0 amide bonds. The van der Waals surface area contributed by atoms with Crippen molar-refractivity contribution in [3.63, 3.8) is 0 Å². The first-order valence-corrected chi connectivity index (χ1v) is 6.79.